The lowest BCUT2D eigenvalue weighted by atomic mass is 9.93. The average Bonchev–Trinajstić information content (AvgIpc) is 2.14. The number of aromatic nitrogens is 1. The molecule has 1 rings (SSSR count). The molecule has 0 amide bonds. The van der Waals surface area contributed by atoms with Gasteiger partial charge in [-0.1, -0.05) is 13.3 Å². The molecule has 0 bridgehead atoms. The van der Waals surface area contributed by atoms with E-state index in [1.54, 1.807) is 13.1 Å². The fourth-order valence-corrected chi connectivity index (χ4v) is 1.53. The van der Waals surface area contributed by atoms with Crippen LogP contribution in [0, 0.1) is 11.7 Å². The number of pyridine rings is 1. The summed E-state index contributed by atoms with van der Waals surface area (Å²) < 4.78 is 12.8. The van der Waals surface area contributed by atoms with Crippen molar-refractivity contribution in [1.82, 2.24) is 4.98 Å². The predicted molar refractivity (Wildman–Crippen MR) is 53.4 cm³/mol. The van der Waals surface area contributed by atoms with Crippen molar-refractivity contribution in [3.63, 3.8) is 0 Å². The van der Waals surface area contributed by atoms with E-state index in [1.807, 2.05) is 6.92 Å². The third kappa shape index (κ3) is 3.07. The summed E-state index contributed by atoms with van der Waals surface area (Å²) in [6.45, 7) is 3.78. The summed E-state index contributed by atoms with van der Waals surface area (Å²) in [6, 6.07) is 1.47. The standard InChI is InChI=1S/C11H16FNO/c1-3-10(8(2)14)4-9-5-11(12)7-13-6-9/h5-8,10,14H,3-4H2,1-2H3. The fraction of sp³-hybridized carbons (Fsp3) is 0.545. The third-order valence-corrected chi connectivity index (χ3v) is 2.47. The Bertz CT molecular complexity index is 288. The lowest BCUT2D eigenvalue weighted by Crippen LogP contribution is -2.18. The zero-order valence-corrected chi connectivity index (χ0v) is 8.57. The second kappa shape index (κ2) is 5.05. The molecule has 0 saturated heterocycles. The molecule has 1 aromatic heterocycles. The Morgan fingerprint density at radius 2 is 2.21 bits per heavy atom. The van der Waals surface area contributed by atoms with E-state index in [-0.39, 0.29) is 17.8 Å². The highest BCUT2D eigenvalue weighted by Gasteiger charge is 2.13. The third-order valence-electron chi connectivity index (χ3n) is 2.47. The summed E-state index contributed by atoms with van der Waals surface area (Å²) in [5.74, 6) is -0.137. The molecule has 2 atom stereocenters. The summed E-state index contributed by atoms with van der Waals surface area (Å²) >= 11 is 0. The Labute approximate surface area is 83.8 Å². The highest BCUT2D eigenvalue weighted by atomic mass is 19.1. The molecule has 0 aliphatic rings. The van der Waals surface area contributed by atoms with Gasteiger partial charge >= 0.3 is 0 Å². The van der Waals surface area contributed by atoms with E-state index in [9.17, 15) is 9.50 Å². The normalized spacial score (nSPS) is 15.1. The minimum Gasteiger partial charge on any atom is -0.393 e. The highest BCUT2D eigenvalue weighted by molar-refractivity contribution is 5.11. The topological polar surface area (TPSA) is 33.1 Å². The van der Waals surface area contributed by atoms with E-state index in [1.165, 1.54) is 12.3 Å². The minimum atomic E-state index is -0.358. The van der Waals surface area contributed by atoms with Gasteiger partial charge in [-0.3, -0.25) is 4.98 Å². The molecule has 14 heavy (non-hydrogen) atoms. The van der Waals surface area contributed by atoms with Gasteiger partial charge in [0.1, 0.15) is 5.82 Å². The van der Waals surface area contributed by atoms with Crippen LogP contribution in [0.25, 0.3) is 0 Å². The maximum Gasteiger partial charge on any atom is 0.141 e. The van der Waals surface area contributed by atoms with Crippen molar-refractivity contribution in [2.75, 3.05) is 0 Å². The molecule has 78 valence electrons. The molecule has 0 aliphatic heterocycles. The summed E-state index contributed by atoms with van der Waals surface area (Å²) in [6.07, 6.45) is 4.04. The van der Waals surface area contributed by atoms with E-state index in [4.69, 9.17) is 0 Å². The van der Waals surface area contributed by atoms with E-state index in [0.717, 1.165) is 12.0 Å². The van der Waals surface area contributed by atoms with Crippen LogP contribution in [0.15, 0.2) is 18.5 Å². The van der Waals surface area contributed by atoms with Crippen LogP contribution in [-0.4, -0.2) is 16.2 Å². The first-order valence-corrected chi connectivity index (χ1v) is 4.91. The molecule has 1 aromatic rings. The summed E-state index contributed by atoms with van der Waals surface area (Å²) in [4.78, 5) is 3.77. The van der Waals surface area contributed by atoms with Gasteiger partial charge in [-0.15, -0.1) is 0 Å². The van der Waals surface area contributed by atoms with Crippen molar-refractivity contribution in [3.05, 3.63) is 29.8 Å². The van der Waals surface area contributed by atoms with Crippen LogP contribution in [0.4, 0.5) is 4.39 Å². The van der Waals surface area contributed by atoms with Gasteiger partial charge in [0.05, 0.1) is 12.3 Å². The Morgan fingerprint density at radius 3 is 2.71 bits per heavy atom. The summed E-state index contributed by atoms with van der Waals surface area (Å²) in [5, 5.41) is 9.43. The molecule has 0 radical (unpaired) electrons. The van der Waals surface area contributed by atoms with Crippen LogP contribution < -0.4 is 0 Å². The Hall–Kier alpha value is -0.960. The lowest BCUT2D eigenvalue weighted by Gasteiger charge is -2.17. The molecule has 0 saturated carbocycles. The Balaban J connectivity index is 2.67. The number of rotatable bonds is 4. The molecule has 1 heterocycles. The Kier molecular flexibility index (Phi) is 4.01. The van der Waals surface area contributed by atoms with Gasteiger partial charge in [-0.05, 0) is 30.9 Å². The van der Waals surface area contributed by atoms with Gasteiger partial charge in [0.2, 0.25) is 0 Å². The number of aliphatic hydroxyl groups excluding tert-OH is 1. The van der Waals surface area contributed by atoms with Crippen molar-refractivity contribution in [2.45, 2.75) is 32.8 Å². The van der Waals surface area contributed by atoms with E-state index in [0.29, 0.717) is 6.42 Å². The molecular formula is C11H16FNO. The second-order valence-corrected chi connectivity index (χ2v) is 3.62. The molecule has 0 aromatic carbocycles. The first-order valence-electron chi connectivity index (χ1n) is 4.91. The van der Waals surface area contributed by atoms with Gasteiger partial charge < -0.3 is 5.11 Å². The lowest BCUT2D eigenvalue weighted by molar-refractivity contribution is 0.123. The SMILES string of the molecule is CCC(Cc1cncc(F)c1)C(C)O. The summed E-state index contributed by atoms with van der Waals surface area (Å²) in [5.41, 5.74) is 0.845. The number of nitrogens with zero attached hydrogens (tertiary/aromatic N) is 1. The molecule has 0 spiro atoms. The molecular weight excluding hydrogens is 181 g/mol. The van der Waals surface area contributed by atoms with E-state index in [2.05, 4.69) is 4.98 Å². The first kappa shape index (κ1) is 11.1. The van der Waals surface area contributed by atoms with Gasteiger partial charge in [0, 0.05) is 6.20 Å². The number of hydrogen-bond donors (Lipinski definition) is 1. The largest absolute Gasteiger partial charge is 0.393 e. The number of halogens is 1. The zero-order chi connectivity index (χ0) is 10.6. The maximum absolute atomic E-state index is 12.8. The van der Waals surface area contributed by atoms with Crippen LogP contribution in [0.2, 0.25) is 0 Å². The van der Waals surface area contributed by atoms with Crippen LogP contribution >= 0.6 is 0 Å². The van der Waals surface area contributed by atoms with Crippen LogP contribution in [0.5, 0.6) is 0 Å². The molecule has 2 nitrogen and oxygen atoms in total. The van der Waals surface area contributed by atoms with Crippen molar-refractivity contribution >= 4 is 0 Å². The van der Waals surface area contributed by atoms with Crippen molar-refractivity contribution < 1.29 is 9.50 Å². The Morgan fingerprint density at radius 1 is 1.50 bits per heavy atom. The molecule has 3 heteroatoms. The molecule has 1 N–H and O–H groups in total. The highest BCUT2D eigenvalue weighted by Crippen LogP contribution is 2.15. The first-order chi connectivity index (χ1) is 6.63. The van der Waals surface area contributed by atoms with Gasteiger partial charge in [0.25, 0.3) is 0 Å². The predicted octanol–water partition coefficient (Wildman–Crippen LogP) is 2.17. The van der Waals surface area contributed by atoms with Crippen molar-refractivity contribution in [3.8, 4) is 0 Å². The average molecular weight is 197 g/mol. The quantitative estimate of drug-likeness (QED) is 0.802. The van der Waals surface area contributed by atoms with Crippen molar-refractivity contribution in [1.29, 1.82) is 0 Å². The van der Waals surface area contributed by atoms with Gasteiger partial charge in [0.15, 0.2) is 0 Å². The maximum atomic E-state index is 12.8. The molecule has 0 fully saturated rings. The van der Waals surface area contributed by atoms with Gasteiger partial charge in [-0.2, -0.15) is 0 Å². The van der Waals surface area contributed by atoms with Crippen LogP contribution in [-0.2, 0) is 6.42 Å². The van der Waals surface area contributed by atoms with E-state index >= 15 is 0 Å². The monoisotopic (exact) mass is 197 g/mol. The van der Waals surface area contributed by atoms with Crippen LogP contribution in [0.3, 0.4) is 0 Å². The number of hydrogen-bond acceptors (Lipinski definition) is 2. The molecule has 0 aliphatic carbocycles. The van der Waals surface area contributed by atoms with E-state index < -0.39 is 0 Å². The van der Waals surface area contributed by atoms with Gasteiger partial charge in [-0.25, -0.2) is 4.39 Å². The zero-order valence-electron chi connectivity index (χ0n) is 8.57. The smallest absolute Gasteiger partial charge is 0.141 e. The molecule has 2 unspecified atom stereocenters. The van der Waals surface area contributed by atoms with Crippen LogP contribution in [0.1, 0.15) is 25.8 Å². The minimum absolute atomic E-state index is 0.179. The van der Waals surface area contributed by atoms with Crippen molar-refractivity contribution in [2.24, 2.45) is 5.92 Å². The fourth-order valence-electron chi connectivity index (χ4n) is 1.53. The second-order valence-electron chi connectivity index (χ2n) is 3.62. The number of aliphatic hydroxyl groups is 1. The summed E-state index contributed by atoms with van der Waals surface area (Å²) in [7, 11) is 0.